The molecule has 5 heterocycles. The minimum absolute atomic E-state index is 0.486. The van der Waals surface area contributed by atoms with Gasteiger partial charge in [0.1, 0.15) is 23.2 Å². The van der Waals surface area contributed by atoms with E-state index in [0.29, 0.717) is 11.7 Å². The Labute approximate surface area is 392 Å². The summed E-state index contributed by atoms with van der Waals surface area (Å²) >= 11 is 1.82. The van der Waals surface area contributed by atoms with Crippen LogP contribution in [-0.4, -0.2) is 20.8 Å². The van der Waals surface area contributed by atoms with Gasteiger partial charge in [-0.1, -0.05) is 140 Å². The normalized spacial score (nSPS) is 14.3. The van der Waals surface area contributed by atoms with E-state index in [4.69, 9.17) is 14.4 Å². The van der Waals surface area contributed by atoms with Crippen molar-refractivity contribution in [2.75, 3.05) is 0 Å². The van der Waals surface area contributed by atoms with Crippen LogP contribution < -0.4 is 5.32 Å². The molecule has 0 spiro atoms. The van der Waals surface area contributed by atoms with Crippen LogP contribution in [-0.2, 0) is 0 Å². The largest absolute Gasteiger partial charge is 0.455 e. The molecule has 0 saturated heterocycles. The van der Waals surface area contributed by atoms with Gasteiger partial charge in [-0.15, -0.1) is 11.3 Å². The van der Waals surface area contributed by atoms with Gasteiger partial charge in [-0.2, -0.15) is 0 Å². The molecule has 7 heteroatoms. The molecule has 0 saturated carbocycles. The maximum absolute atomic E-state index is 6.95. The predicted molar refractivity (Wildman–Crippen MR) is 285 cm³/mol. The topological polar surface area (TPSA) is 59.8 Å². The summed E-state index contributed by atoms with van der Waals surface area (Å²) in [6.07, 6.45) is -0.486. The number of amidine groups is 2. The molecule has 4 aromatic heterocycles. The first-order valence-corrected chi connectivity index (χ1v) is 23.8. The average molecular weight is 888 g/mol. The van der Waals surface area contributed by atoms with Gasteiger partial charge >= 0.3 is 0 Å². The molecular formula is C61H37N5OS. The quantitative estimate of drug-likeness (QED) is 0.187. The molecule has 1 N–H and O–H groups in total. The Morgan fingerprint density at radius 3 is 1.97 bits per heavy atom. The Kier molecular flexibility index (Phi) is 7.91. The van der Waals surface area contributed by atoms with Crippen molar-refractivity contribution < 1.29 is 4.42 Å². The predicted octanol–water partition coefficient (Wildman–Crippen LogP) is 15.8. The second-order valence-corrected chi connectivity index (χ2v) is 18.8. The van der Waals surface area contributed by atoms with Crippen LogP contribution in [0.5, 0.6) is 0 Å². The van der Waals surface area contributed by atoms with E-state index in [0.717, 1.165) is 82.8 Å². The number of nitrogens with zero attached hydrogens (tertiary/aromatic N) is 4. The minimum Gasteiger partial charge on any atom is -0.455 e. The summed E-state index contributed by atoms with van der Waals surface area (Å²) in [6.45, 7) is 0. The van der Waals surface area contributed by atoms with Gasteiger partial charge in [-0.05, 0) is 83.6 Å². The molecule has 0 amide bonds. The first kappa shape index (κ1) is 37.4. The molecule has 0 fully saturated rings. The fourth-order valence-electron chi connectivity index (χ4n) is 11.0. The lowest BCUT2D eigenvalue weighted by Crippen LogP contribution is -2.34. The van der Waals surface area contributed by atoms with Crippen molar-refractivity contribution >= 4 is 120 Å². The van der Waals surface area contributed by atoms with E-state index in [-0.39, 0.29) is 0 Å². The number of aliphatic imine (C=N–C) groups is 2. The maximum atomic E-state index is 6.95. The van der Waals surface area contributed by atoms with E-state index in [1.165, 1.54) is 41.7 Å². The third-order valence-electron chi connectivity index (χ3n) is 13.9. The molecule has 318 valence electrons. The summed E-state index contributed by atoms with van der Waals surface area (Å²) in [5.74, 6) is 1.34. The molecule has 0 bridgehead atoms. The summed E-state index contributed by atoms with van der Waals surface area (Å²) < 4.78 is 14.2. The van der Waals surface area contributed by atoms with Crippen molar-refractivity contribution in [1.82, 2.24) is 14.5 Å². The molecule has 1 atom stereocenters. The zero-order valence-corrected chi connectivity index (χ0v) is 37.2. The number of furan rings is 1. The van der Waals surface area contributed by atoms with Crippen molar-refractivity contribution in [2.45, 2.75) is 6.17 Å². The van der Waals surface area contributed by atoms with Gasteiger partial charge in [-0.3, -0.25) is 0 Å². The van der Waals surface area contributed by atoms with Crippen molar-refractivity contribution in [3.05, 3.63) is 229 Å². The van der Waals surface area contributed by atoms with Crippen LogP contribution in [0.25, 0.3) is 108 Å². The third kappa shape index (κ3) is 5.45. The van der Waals surface area contributed by atoms with Crippen LogP contribution in [0.4, 0.5) is 0 Å². The van der Waals surface area contributed by atoms with Crippen molar-refractivity contribution in [2.24, 2.45) is 9.98 Å². The van der Waals surface area contributed by atoms with E-state index in [1.54, 1.807) is 0 Å². The van der Waals surface area contributed by atoms with Crippen molar-refractivity contribution in [3.8, 4) is 11.4 Å². The number of thiophene rings is 1. The number of para-hydroxylation sites is 4. The Morgan fingerprint density at radius 2 is 1.10 bits per heavy atom. The van der Waals surface area contributed by atoms with Gasteiger partial charge in [0.05, 0.1) is 27.6 Å². The maximum Gasteiger partial charge on any atom is 0.160 e. The zero-order chi connectivity index (χ0) is 44.5. The number of rotatable bonds is 5. The van der Waals surface area contributed by atoms with E-state index >= 15 is 0 Å². The third-order valence-corrected chi connectivity index (χ3v) is 15.1. The van der Waals surface area contributed by atoms with Gasteiger partial charge in [0.2, 0.25) is 0 Å². The summed E-state index contributed by atoms with van der Waals surface area (Å²) in [5.41, 5.74) is 11.1. The van der Waals surface area contributed by atoms with E-state index in [2.05, 4.69) is 221 Å². The molecule has 10 aromatic carbocycles. The van der Waals surface area contributed by atoms with Crippen LogP contribution in [0.15, 0.2) is 227 Å². The molecule has 0 aliphatic carbocycles. The average Bonchev–Trinajstić information content (AvgIpc) is 4.15. The molecule has 1 aliphatic rings. The fraction of sp³-hybridized carbons (Fsp3) is 0.0164. The van der Waals surface area contributed by atoms with Gasteiger partial charge in [0.25, 0.3) is 0 Å². The number of hydrogen-bond donors (Lipinski definition) is 1. The first-order chi connectivity index (χ1) is 33.7. The van der Waals surface area contributed by atoms with Gasteiger partial charge in [0.15, 0.2) is 5.84 Å². The molecule has 0 radical (unpaired) electrons. The van der Waals surface area contributed by atoms with Gasteiger partial charge in [0, 0.05) is 75.0 Å². The highest BCUT2D eigenvalue weighted by Crippen LogP contribution is 2.43. The second kappa shape index (κ2) is 14.4. The lowest BCUT2D eigenvalue weighted by Gasteiger charge is -2.25. The fourth-order valence-corrected chi connectivity index (χ4v) is 12.1. The number of nitrogens with one attached hydrogen (secondary N) is 1. The number of aromatic nitrogens is 2. The number of hydrogen-bond acceptors (Lipinski definition) is 5. The molecule has 1 unspecified atom stereocenters. The highest BCUT2D eigenvalue weighted by molar-refractivity contribution is 7.25. The van der Waals surface area contributed by atoms with Crippen LogP contribution >= 0.6 is 11.3 Å². The molecule has 14 aromatic rings. The molecular weight excluding hydrogens is 851 g/mol. The van der Waals surface area contributed by atoms with Crippen molar-refractivity contribution in [1.29, 1.82) is 0 Å². The highest BCUT2D eigenvalue weighted by atomic mass is 32.1. The van der Waals surface area contributed by atoms with Crippen LogP contribution in [0.1, 0.15) is 22.9 Å². The SMILES string of the molecule is c1ccc(-n2c3ccccc3c3c(C4=NC(c5cccc6sc7ccccc7c56)NC(c5cc(-n6c7ccccc7c7cc8ccccc8cc76)cc6c5oc5ccccc56)=N4)cccc32)cc1. The van der Waals surface area contributed by atoms with E-state index in [1.807, 2.05) is 17.4 Å². The Hall–Kier alpha value is -8.78. The van der Waals surface area contributed by atoms with Crippen LogP contribution in [0.2, 0.25) is 0 Å². The molecule has 6 nitrogen and oxygen atoms in total. The lowest BCUT2D eigenvalue weighted by molar-refractivity contribution is 0.661. The summed E-state index contributed by atoms with van der Waals surface area (Å²) in [7, 11) is 0. The minimum atomic E-state index is -0.486. The summed E-state index contributed by atoms with van der Waals surface area (Å²) in [4.78, 5) is 11.3. The molecule has 1 aliphatic heterocycles. The standard InChI is InChI=1S/C61H37N5OS/c1-2-18-38(19-3-1)65-50-27-11-7-22-42(50)56-44(24-14-28-51(56)65)59-62-60(45-25-15-31-55-57(45)43-23-9-13-30-54(43)68-55)64-61(63-59)48-35-39(34-47-41-21-8-12-29-53(41)67-58(47)48)66-49-26-10-6-20-40(49)46-32-36-16-4-5-17-37(36)33-52(46)66/h1-35,60H,(H,62,63,64). The Balaban J connectivity index is 1.03. The van der Waals surface area contributed by atoms with E-state index in [9.17, 15) is 0 Å². The summed E-state index contributed by atoms with van der Waals surface area (Å²) in [6, 6.07) is 76.0. The first-order valence-electron chi connectivity index (χ1n) is 23.0. The zero-order valence-electron chi connectivity index (χ0n) is 36.4. The summed E-state index contributed by atoms with van der Waals surface area (Å²) in [5, 5.41) is 15.5. The smallest absolute Gasteiger partial charge is 0.160 e. The van der Waals surface area contributed by atoms with Crippen LogP contribution in [0, 0.1) is 0 Å². The molecule has 68 heavy (non-hydrogen) atoms. The Morgan fingerprint density at radius 1 is 0.441 bits per heavy atom. The number of fused-ring (bicyclic) bond motifs is 13. The monoisotopic (exact) mass is 887 g/mol. The molecule has 15 rings (SSSR count). The van der Waals surface area contributed by atoms with Gasteiger partial charge in [-0.25, -0.2) is 9.98 Å². The van der Waals surface area contributed by atoms with E-state index < -0.39 is 6.17 Å². The highest BCUT2D eigenvalue weighted by Gasteiger charge is 2.29. The number of benzene rings is 10. The van der Waals surface area contributed by atoms with Gasteiger partial charge < -0.3 is 18.9 Å². The Bertz CT molecular complexity index is 4490. The van der Waals surface area contributed by atoms with Crippen LogP contribution in [0.3, 0.4) is 0 Å². The van der Waals surface area contributed by atoms with Crippen molar-refractivity contribution in [3.63, 3.8) is 0 Å². The lowest BCUT2D eigenvalue weighted by atomic mass is 10.0. The second-order valence-electron chi connectivity index (χ2n) is 17.7.